The highest BCUT2D eigenvalue weighted by molar-refractivity contribution is 9.10. The van der Waals surface area contributed by atoms with Crippen molar-refractivity contribution in [2.24, 2.45) is 5.92 Å². The number of nitrogens with one attached hydrogen (secondary N) is 1. The minimum Gasteiger partial charge on any atom is -0.493 e. The van der Waals surface area contributed by atoms with E-state index in [4.69, 9.17) is 9.47 Å². The minimum absolute atomic E-state index is 0.100. The molecule has 2 atom stereocenters. The number of halogens is 1. The molecule has 0 radical (unpaired) electrons. The van der Waals surface area contributed by atoms with Crippen LogP contribution in [0.2, 0.25) is 0 Å². The highest BCUT2D eigenvalue weighted by Gasteiger charge is 2.22. The van der Waals surface area contributed by atoms with Crippen molar-refractivity contribution in [3.8, 4) is 11.5 Å². The van der Waals surface area contributed by atoms with E-state index in [0.717, 1.165) is 53.9 Å². The monoisotopic (exact) mass is 357 g/mol. The fourth-order valence-electron chi connectivity index (χ4n) is 2.81. The maximum absolute atomic E-state index is 9.54. The van der Waals surface area contributed by atoms with Gasteiger partial charge in [0, 0.05) is 6.54 Å². The topological polar surface area (TPSA) is 50.7 Å². The van der Waals surface area contributed by atoms with E-state index >= 15 is 0 Å². The Kier molecular flexibility index (Phi) is 6.33. The van der Waals surface area contributed by atoms with Gasteiger partial charge in [-0.3, -0.25) is 0 Å². The molecule has 2 unspecified atom stereocenters. The van der Waals surface area contributed by atoms with Gasteiger partial charge in [0.25, 0.3) is 0 Å². The summed E-state index contributed by atoms with van der Waals surface area (Å²) in [6, 6.07) is 4.07. The largest absolute Gasteiger partial charge is 0.493 e. The lowest BCUT2D eigenvalue weighted by Gasteiger charge is -2.15. The van der Waals surface area contributed by atoms with Crippen LogP contribution in [0.3, 0.4) is 0 Å². The average Bonchev–Trinajstić information content (AvgIpc) is 2.87. The fraction of sp³-hybridized carbons (Fsp3) is 0.625. The summed E-state index contributed by atoms with van der Waals surface area (Å²) in [5.41, 5.74) is 1.15. The number of rotatable bonds is 7. The zero-order chi connectivity index (χ0) is 15.2. The number of aliphatic hydroxyl groups is 1. The summed E-state index contributed by atoms with van der Waals surface area (Å²) in [6.45, 7) is 4.30. The highest BCUT2D eigenvalue weighted by atomic mass is 79.9. The van der Waals surface area contributed by atoms with Crippen molar-refractivity contribution in [2.45, 2.75) is 38.8 Å². The zero-order valence-corrected chi connectivity index (χ0v) is 14.3. The normalized spacial score (nSPS) is 21.5. The Labute approximate surface area is 135 Å². The van der Waals surface area contributed by atoms with Gasteiger partial charge < -0.3 is 19.9 Å². The van der Waals surface area contributed by atoms with E-state index in [2.05, 4.69) is 27.3 Å². The van der Waals surface area contributed by atoms with Gasteiger partial charge in [0.2, 0.25) is 0 Å². The number of aliphatic hydroxyl groups excluding tert-OH is 1. The minimum atomic E-state index is -0.100. The van der Waals surface area contributed by atoms with Crippen molar-refractivity contribution in [1.29, 1.82) is 0 Å². The maximum Gasteiger partial charge on any atom is 0.175 e. The Morgan fingerprint density at radius 2 is 2.19 bits per heavy atom. The molecule has 0 spiro atoms. The van der Waals surface area contributed by atoms with Gasteiger partial charge >= 0.3 is 0 Å². The standard InChI is InChI=1S/C16H24BrNO3/c1-3-21-16-14(17)7-12(8-15(16)20-2)10-18-9-11-4-5-13(19)6-11/h7-8,11,13,18-19H,3-6,9-10H2,1-2H3. The van der Waals surface area contributed by atoms with E-state index in [1.807, 2.05) is 13.0 Å². The van der Waals surface area contributed by atoms with Gasteiger partial charge in [-0.2, -0.15) is 0 Å². The molecule has 1 fully saturated rings. The zero-order valence-electron chi connectivity index (χ0n) is 12.7. The Bertz CT molecular complexity index is 467. The van der Waals surface area contributed by atoms with Crippen LogP contribution in [-0.4, -0.2) is 31.5 Å². The third-order valence-electron chi connectivity index (χ3n) is 3.85. The molecule has 0 amide bonds. The number of hydrogen-bond donors (Lipinski definition) is 2. The van der Waals surface area contributed by atoms with Gasteiger partial charge in [-0.1, -0.05) is 0 Å². The first kappa shape index (κ1) is 16.6. The molecule has 1 aliphatic rings. The van der Waals surface area contributed by atoms with Crippen LogP contribution >= 0.6 is 15.9 Å². The van der Waals surface area contributed by atoms with E-state index in [0.29, 0.717) is 12.5 Å². The molecule has 0 aromatic heterocycles. The molecule has 1 aliphatic carbocycles. The molecule has 4 nitrogen and oxygen atoms in total. The number of methoxy groups -OCH3 is 1. The molecule has 2 N–H and O–H groups in total. The summed E-state index contributed by atoms with van der Waals surface area (Å²) in [5.74, 6) is 2.09. The van der Waals surface area contributed by atoms with Gasteiger partial charge in [-0.25, -0.2) is 0 Å². The quantitative estimate of drug-likeness (QED) is 0.787. The summed E-state index contributed by atoms with van der Waals surface area (Å²) in [4.78, 5) is 0. The molecule has 0 bridgehead atoms. The van der Waals surface area contributed by atoms with Gasteiger partial charge in [0.1, 0.15) is 0 Å². The lowest BCUT2D eigenvalue weighted by atomic mass is 10.1. The first-order valence-electron chi connectivity index (χ1n) is 7.52. The van der Waals surface area contributed by atoms with Crippen LogP contribution in [0.25, 0.3) is 0 Å². The molecule has 21 heavy (non-hydrogen) atoms. The molecular weight excluding hydrogens is 334 g/mol. The second kappa shape index (κ2) is 8.01. The second-order valence-corrected chi connectivity index (χ2v) is 6.36. The molecular formula is C16H24BrNO3. The third kappa shape index (κ3) is 4.59. The van der Waals surface area contributed by atoms with Gasteiger partial charge in [-0.15, -0.1) is 0 Å². The van der Waals surface area contributed by atoms with Crippen molar-refractivity contribution < 1.29 is 14.6 Å². The molecule has 1 aromatic carbocycles. The van der Waals surface area contributed by atoms with Crippen molar-refractivity contribution in [1.82, 2.24) is 5.32 Å². The predicted octanol–water partition coefficient (Wildman–Crippen LogP) is 3.11. The summed E-state index contributed by atoms with van der Waals surface area (Å²) in [6.07, 6.45) is 2.87. The van der Waals surface area contributed by atoms with E-state index < -0.39 is 0 Å². The van der Waals surface area contributed by atoms with Crippen molar-refractivity contribution in [3.05, 3.63) is 22.2 Å². The number of hydrogen-bond acceptors (Lipinski definition) is 4. The van der Waals surface area contributed by atoms with Crippen LogP contribution in [-0.2, 0) is 6.54 Å². The van der Waals surface area contributed by atoms with Crippen molar-refractivity contribution in [2.75, 3.05) is 20.3 Å². The smallest absolute Gasteiger partial charge is 0.175 e. The van der Waals surface area contributed by atoms with Crippen molar-refractivity contribution >= 4 is 15.9 Å². The molecule has 118 valence electrons. The molecule has 0 aliphatic heterocycles. The Morgan fingerprint density at radius 3 is 2.81 bits per heavy atom. The lowest BCUT2D eigenvalue weighted by molar-refractivity contribution is 0.177. The Hall–Kier alpha value is -0.780. The summed E-state index contributed by atoms with van der Waals surface area (Å²) in [7, 11) is 1.65. The van der Waals surface area contributed by atoms with E-state index in [9.17, 15) is 5.11 Å². The third-order valence-corrected chi connectivity index (χ3v) is 4.44. The van der Waals surface area contributed by atoms with Crippen LogP contribution in [0.1, 0.15) is 31.7 Å². The fourth-order valence-corrected chi connectivity index (χ4v) is 3.42. The molecule has 1 aromatic rings. The Morgan fingerprint density at radius 1 is 1.38 bits per heavy atom. The van der Waals surface area contributed by atoms with Crippen LogP contribution < -0.4 is 14.8 Å². The molecule has 0 saturated heterocycles. The lowest BCUT2D eigenvalue weighted by Crippen LogP contribution is -2.21. The molecule has 2 rings (SSSR count). The SMILES string of the molecule is CCOc1c(Br)cc(CNCC2CCC(O)C2)cc1OC. The molecule has 5 heteroatoms. The van der Waals surface area contributed by atoms with E-state index in [1.165, 1.54) is 0 Å². The van der Waals surface area contributed by atoms with Crippen LogP contribution in [0.15, 0.2) is 16.6 Å². The van der Waals surface area contributed by atoms with Gasteiger partial charge in [0.15, 0.2) is 11.5 Å². The van der Waals surface area contributed by atoms with E-state index in [1.54, 1.807) is 7.11 Å². The van der Waals surface area contributed by atoms with Gasteiger partial charge in [-0.05, 0) is 72.3 Å². The van der Waals surface area contributed by atoms with Crippen molar-refractivity contribution in [3.63, 3.8) is 0 Å². The maximum atomic E-state index is 9.54. The van der Waals surface area contributed by atoms with Crippen LogP contribution in [0.5, 0.6) is 11.5 Å². The first-order valence-corrected chi connectivity index (χ1v) is 8.31. The van der Waals surface area contributed by atoms with Gasteiger partial charge in [0.05, 0.1) is 24.3 Å². The average molecular weight is 358 g/mol. The summed E-state index contributed by atoms with van der Waals surface area (Å²) >= 11 is 3.54. The van der Waals surface area contributed by atoms with Crippen LogP contribution in [0, 0.1) is 5.92 Å². The second-order valence-electron chi connectivity index (χ2n) is 5.51. The summed E-state index contributed by atoms with van der Waals surface area (Å²) in [5, 5.41) is 13.0. The molecule has 1 saturated carbocycles. The molecule has 0 heterocycles. The Balaban J connectivity index is 1.92. The van der Waals surface area contributed by atoms with E-state index in [-0.39, 0.29) is 6.10 Å². The highest BCUT2D eigenvalue weighted by Crippen LogP contribution is 2.36. The number of benzene rings is 1. The number of ether oxygens (including phenoxy) is 2. The summed E-state index contributed by atoms with van der Waals surface area (Å²) < 4.78 is 11.9. The predicted molar refractivity (Wildman–Crippen MR) is 86.9 cm³/mol. The van der Waals surface area contributed by atoms with Crippen LogP contribution in [0.4, 0.5) is 0 Å². The first-order chi connectivity index (χ1) is 10.1.